The Bertz CT molecular complexity index is 429. The highest BCUT2D eigenvalue weighted by Gasteiger charge is 2.32. The minimum atomic E-state index is -0.296. The van der Waals surface area contributed by atoms with E-state index in [4.69, 9.17) is 0 Å². The van der Waals surface area contributed by atoms with Crippen LogP contribution in [0.4, 0.5) is 4.39 Å². The molecule has 0 spiro atoms. The molecule has 2 rings (SSSR count). The van der Waals surface area contributed by atoms with Crippen molar-refractivity contribution < 1.29 is 9.18 Å². The zero-order chi connectivity index (χ0) is 13.8. The van der Waals surface area contributed by atoms with Gasteiger partial charge in [0.05, 0.1) is 0 Å². The van der Waals surface area contributed by atoms with Gasteiger partial charge in [0.1, 0.15) is 5.82 Å². The lowest BCUT2D eigenvalue weighted by Gasteiger charge is -2.15. The van der Waals surface area contributed by atoms with E-state index in [9.17, 15) is 9.18 Å². The lowest BCUT2D eigenvalue weighted by Crippen LogP contribution is -2.23. The summed E-state index contributed by atoms with van der Waals surface area (Å²) in [5.74, 6) is 1.55. The van der Waals surface area contributed by atoms with Crippen LogP contribution in [0.25, 0.3) is 0 Å². The molecule has 1 fully saturated rings. The highest BCUT2D eigenvalue weighted by atomic mass is 19.1. The first-order chi connectivity index (χ1) is 9.06. The van der Waals surface area contributed by atoms with Crippen LogP contribution in [0.5, 0.6) is 0 Å². The third-order valence-electron chi connectivity index (χ3n) is 3.93. The van der Waals surface area contributed by atoms with Gasteiger partial charge in [-0.3, -0.25) is 4.79 Å². The molecule has 0 N–H and O–H groups in total. The van der Waals surface area contributed by atoms with Gasteiger partial charge in [-0.05, 0) is 62.5 Å². The van der Waals surface area contributed by atoms with Gasteiger partial charge in [-0.15, -0.1) is 0 Å². The van der Waals surface area contributed by atoms with Gasteiger partial charge in [0.25, 0.3) is 0 Å². The van der Waals surface area contributed by atoms with Crippen molar-refractivity contribution in [3.63, 3.8) is 0 Å². The molecule has 0 aromatic heterocycles. The second kappa shape index (κ2) is 6.29. The van der Waals surface area contributed by atoms with Crippen LogP contribution >= 0.6 is 0 Å². The Morgan fingerprint density at radius 2 is 2.00 bits per heavy atom. The van der Waals surface area contributed by atoms with Crippen LogP contribution < -0.4 is 0 Å². The van der Waals surface area contributed by atoms with Crippen LogP contribution in [0, 0.1) is 17.7 Å². The van der Waals surface area contributed by atoms with E-state index in [0.717, 1.165) is 31.3 Å². The van der Waals surface area contributed by atoms with Gasteiger partial charge < -0.3 is 4.90 Å². The zero-order valence-corrected chi connectivity index (χ0v) is 11.7. The number of hydrogen-bond acceptors (Lipinski definition) is 2. The Hall–Kier alpha value is -1.22. The second-order valence-corrected chi connectivity index (χ2v) is 5.77. The molecular formula is C16H22FNO. The fourth-order valence-corrected chi connectivity index (χ4v) is 2.43. The number of carbonyl (C=O) groups excluding carboxylic acids is 1. The Kier molecular flexibility index (Phi) is 4.70. The van der Waals surface area contributed by atoms with E-state index in [1.807, 2.05) is 0 Å². The summed E-state index contributed by atoms with van der Waals surface area (Å²) in [5, 5.41) is 0. The summed E-state index contributed by atoms with van der Waals surface area (Å²) in [4.78, 5) is 14.2. The maximum atomic E-state index is 12.7. The summed E-state index contributed by atoms with van der Waals surface area (Å²) in [7, 11) is 2.12. The Morgan fingerprint density at radius 1 is 1.37 bits per heavy atom. The number of rotatable bonds is 7. The first-order valence-corrected chi connectivity index (χ1v) is 7.03. The molecule has 0 bridgehead atoms. The monoisotopic (exact) mass is 263 g/mol. The first-order valence-electron chi connectivity index (χ1n) is 7.03. The Morgan fingerprint density at radius 3 is 2.58 bits per heavy atom. The summed E-state index contributed by atoms with van der Waals surface area (Å²) >= 11 is 0. The number of hydrogen-bond donors (Lipinski definition) is 0. The van der Waals surface area contributed by atoms with Crippen molar-refractivity contribution in [2.24, 2.45) is 11.8 Å². The molecule has 1 aliphatic rings. The van der Waals surface area contributed by atoms with Gasteiger partial charge >= 0.3 is 0 Å². The minimum absolute atomic E-state index is 0.105. The van der Waals surface area contributed by atoms with Crippen molar-refractivity contribution in [3.05, 3.63) is 35.6 Å². The van der Waals surface area contributed by atoms with Crippen molar-refractivity contribution >= 4 is 5.78 Å². The van der Waals surface area contributed by atoms with Crippen molar-refractivity contribution in [1.29, 1.82) is 0 Å². The Labute approximate surface area is 114 Å². The van der Waals surface area contributed by atoms with Gasteiger partial charge in [0, 0.05) is 18.5 Å². The molecule has 2 atom stereocenters. The van der Waals surface area contributed by atoms with Crippen LogP contribution in [0.1, 0.15) is 36.5 Å². The molecule has 0 amide bonds. The Balaban J connectivity index is 1.67. The van der Waals surface area contributed by atoms with E-state index in [-0.39, 0.29) is 11.6 Å². The van der Waals surface area contributed by atoms with Crippen molar-refractivity contribution in [2.75, 3.05) is 20.1 Å². The van der Waals surface area contributed by atoms with Crippen molar-refractivity contribution in [2.45, 2.75) is 26.2 Å². The van der Waals surface area contributed by atoms with Gasteiger partial charge in [-0.1, -0.05) is 6.92 Å². The summed E-state index contributed by atoms with van der Waals surface area (Å²) in [6.07, 6.45) is 2.75. The summed E-state index contributed by atoms with van der Waals surface area (Å²) in [6.45, 7) is 4.39. The van der Waals surface area contributed by atoms with Crippen molar-refractivity contribution in [3.8, 4) is 0 Å². The fraction of sp³-hybridized carbons (Fsp3) is 0.562. The summed E-state index contributed by atoms with van der Waals surface area (Å²) in [5.41, 5.74) is 0.611. The highest BCUT2D eigenvalue weighted by molar-refractivity contribution is 5.95. The fourth-order valence-electron chi connectivity index (χ4n) is 2.43. The largest absolute Gasteiger partial charge is 0.306 e. The van der Waals surface area contributed by atoms with Gasteiger partial charge in [0.2, 0.25) is 0 Å². The molecule has 3 heteroatoms. The predicted octanol–water partition coefficient (Wildman–Crippen LogP) is 3.38. The van der Waals surface area contributed by atoms with E-state index < -0.39 is 0 Å². The van der Waals surface area contributed by atoms with Crippen LogP contribution in [-0.4, -0.2) is 30.8 Å². The molecule has 0 aliphatic heterocycles. The summed E-state index contributed by atoms with van der Waals surface area (Å²) in [6, 6.07) is 5.81. The third kappa shape index (κ3) is 4.43. The number of halogens is 1. The SMILES string of the molecule is CC1CC1CN(C)CCCC(=O)c1ccc(F)cc1. The van der Waals surface area contributed by atoms with E-state index in [1.54, 1.807) is 12.1 Å². The molecule has 19 heavy (non-hydrogen) atoms. The lowest BCUT2D eigenvalue weighted by molar-refractivity contribution is 0.0976. The quantitative estimate of drug-likeness (QED) is 0.703. The second-order valence-electron chi connectivity index (χ2n) is 5.77. The van der Waals surface area contributed by atoms with E-state index >= 15 is 0 Å². The highest BCUT2D eigenvalue weighted by Crippen LogP contribution is 2.37. The molecule has 104 valence electrons. The standard InChI is InChI=1S/C16H22FNO/c1-12-10-14(12)11-18(2)9-3-4-16(19)13-5-7-15(17)8-6-13/h5-8,12,14H,3-4,9-11H2,1-2H3. The first kappa shape index (κ1) is 14.2. The number of benzene rings is 1. The van der Waals surface area contributed by atoms with Gasteiger partial charge in [-0.25, -0.2) is 4.39 Å². The van der Waals surface area contributed by atoms with Gasteiger partial charge in [0.15, 0.2) is 5.78 Å². The molecule has 0 heterocycles. The predicted molar refractivity (Wildman–Crippen MR) is 74.7 cm³/mol. The van der Waals surface area contributed by atoms with Crippen LogP contribution in [-0.2, 0) is 0 Å². The van der Waals surface area contributed by atoms with E-state index in [0.29, 0.717) is 12.0 Å². The third-order valence-corrected chi connectivity index (χ3v) is 3.93. The maximum Gasteiger partial charge on any atom is 0.162 e. The minimum Gasteiger partial charge on any atom is -0.306 e. The lowest BCUT2D eigenvalue weighted by atomic mass is 10.1. The van der Waals surface area contributed by atoms with Gasteiger partial charge in [-0.2, -0.15) is 0 Å². The number of ketones is 1. The molecule has 2 nitrogen and oxygen atoms in total. The number of Topliss-reactive ketones (excluding diaryl/α,β-unsaturated/α-hetero) is 1. The molecular weight excluding hydrogens is 241 g/mol. The molecule has 1 aromatic carbocycles. The maximum absolute atomic E-state index is 12.7. The van der Waals surface area contributed by atoms with Crippen LogP contribution in [0.2, 0.25) is 0 Å². The van der Waals surface area contributed by atoms with E-state index in [2.05, 4.69) is 18.9 Å². The molecule has 0 saturated heterocycles. The number of nitrogens with zero attached hydrogens (tertiary/aromatic N) is 1. The average Bonchev–Trinajstić information content (AvgIpc) is 3.05. The van der Waals surface area contributed by atoms with E-state index in [1.165, 1.54) is 18.6 Å². The molecule has 2 unspecified atom stereocenters. The number of carbonyl (C=O) groups is 1. The zero-order valence-electron chi connectivity index (χ0n) is 11.7. The smallest absolute Gasteiger partial charge is 0.162 e. The van der Waals surface area contributed by atoms with Crippen LogP contribution in [0.15, 0.2) is 24.3 Å². The average molecular weight is 263 g/mol. The van der Waals surface area contributed by atoms with Crippen LogP contribution in [0.3, 0.4) is 0 Å². The topological polar surface area (TPSA) is 20.3 Å². The summed E-state index contributed by atoms with van der Waals surface area (Å²) < 4.78 is 12.7. The molecule has 0 radical (unpaired) electrons. The normalized spacial score (nSPS) is 21.7. The molecule has 1 aromatic rings. The molecule has 1 saturated carbocycles. The van der Waals surface area contributed by atoms with Crippen molar-refractivity contribution in [1.82, 2.24) is 4.90 Å². The molecule has 1 aliphatic carbocycles.